The van der Waals surface area contributed by atoms with Crippen molar-refractivity contribution in [3.05, 3.63) is 58.7 Å². The highest BCUT2D eigenvalue weighted by Crippen LogP contribution is 2.36. The number of hydrogen-bond acceptors (Lipinski definition) is 6. The minimum absolute atomic E-state index is 0.0349. The summed E-state index contributed by atoms with van der Waals surface area (Å²) in [5.41, 5.74) is 2.44. The van der Waals surface area contributed by atoms with Crippen molar-refractivity contribution in [2.24, 2.45) is 5.92 Å². The average molecular weight is 599 g/mol. The third kappa shape index (κ3) is 17.1. The number of aliphatic hydroxyl groups is 1. The zero-order chi connectivity index (χ0) is 31.9. The maximum atomic E-state index is 12.4. The summed E-state index contributed by atoms with van der Waals surface area (Å²) in [4.78, 5) is 24.5. The van der Waals surface area contributed by atoms with E-state index >= 15 is 0 Å². The summed E-state index contributed by atoms with van der Waals surface area (Å²) in [7, 11) is 1.53. The molecule has 0 heterocycles. The van der Waals surface area contributed by atoms with Gasteiger partial charge in [-0.05, 0) is 83.3 Å². The molecule has 0 aliphatic rings. The van der Waals surface area contributed by atoms with E-state index in [9.17, 15) is 19.8 Å². The molecule has 242 valence electrons. The summed E-state index contributed by atoms with van der Waals surface area (Å²) < 4.78 is 11.0. The summed E-state index contributed by atoms with van der Waals surface area (Å²) in [5, 5.41) is 20.9. The number of carbonyl (C=O) groups excluding carboxylic acids is 2. The first-order chi connectivity index (χ1) is 20.7. The van der Waals surface area contributed by atoms with Crippen molar-refractivity contribution < 1.29 is 29.3 Å². The van der Waals surface area contributed by atoms with Crippen LogP contribution in [0.5, 0.6) is 11.5 Å². The monoisotopic (exact) mass is 598 g/mol. The van der Waals surface area contributed by atoms with E-state index in [0.29, 0.717) is 48.1 Å². The van der Waals surface area contributed by atoms with E-state index in [1.807, 2.05) is 20.8 Å². The van der Waals surface area contributed by atoms with Crippen LogP contribution >= 0.6 is 0 Å². The number of allylic oxidation sites excluding steroid dienone is 6. The minimum Gasteiger partial charge on any atom is -0.507 e. The zero-order valence-electron chi connectivity index (χ0n) is 27.6. The Morgan fingerprint density at radius 3 is 2.21 bits per heavy atom. The number of ether oxygens (including phenoxy) is 2. The molecule has 0 fully saturated rings. The predicted octanol–water partition coefficient (Wildman–Crippen LogP) is 9.24. The van der Waals surface area contributed by atoms with Gasteiger partial charge in [-0.3, -0.25) is 9.59 Å². The molecule has 0 aliphatic carbocycles. The van der Waals surface area contributed by atoms with Crippen molar-refractivity contribution in [3.63, 3.8) is 0 Å². The van der Waals surface area contributed by atoms with Gasteiger partial charge in [0.05, 0.1) is 13.7 Å². The number of phenols is 1. The van der Waals surface area contributed by atoms with Crippen molar-refractivity contribution in [2.45, 2.75) is 137 Å². The lowest BCUT2D eigenvalue weighted by Crippen LogP contribution is -2.09. The molecule has 0 aromatic heterocycles. The number of methoxy groups -OCH3 is 1. The van der Waals surface area contributed by atoms with Crippen LogP contribution in [0, 0.1) is 5.92 Å². The van der Waals surface area contributed by atoms with E-state index in [2.05, 4.69) is 31.2 Å². The molecule has 1 aromatic carbocycles. The van der Waals surface area contributed by atoms with E-state index in [0.717, 1.165) is 44.1 Å². The van der Waals surface area contributed by atoms with Gasteiger partial charge >= 0.3 is 5.97 Å². The molecule has 0 aliphatic heterocycles. The van der Waals surface area contributed by atoms with Gasteiger partial charge in [-0.2, -0.15) is 0 Å². The number of benzene rings is 1. The average Bonchev–Trinajstić information content (AvgIpc) is 2.96. The lowest BCUT2D eigenvalue weighted by Gasteiger charge is -2.18. The first-order valence-corrected chi connectivity index (χ1v) is 16.4. The molecule has 1 aromatic rings. The Morgan fingerprint density at radius 1 is 0.930 bits per heavy atom. The van der Waals surface area contributed by atoms with E-state index in [4.69, 9.17) is 9.47 Å². The second kappa shape index (κ2) is 23.6. The van der Waals surface area contributed by atoms with Gasteiger partial charge in [0.15, 0.2) is 5.78 Å². The summed E-state index contributed by atoms with van der Waals surface area (Å²) in [6.07, 6.45) is 25.0. The topological polar surface area (TPSA) is 93.1 Å². The highest BCUT2D eigenvalue weighted by atomic mass is 16.5. The maximum absolute atomic E-state index is 12.4. The molecule has 43 heavy (non-hydrogen) atoms. The fraction of sp³-hybridized carbons (Fsp3) is 0.622. The van der Waals surface area contributed by atoms with E-state index in [1.54, 1.807) is 12.1 Å². The molecule has 1 rings (SSSR count). The van der Waals surface area contributed by atoms with Crippen LogP contribution in [-0.2, 0) is 34.0 Å². The predicted molar refractivity (Wildman–Crippen MR) is 176 cm³/mol. The summed E-state index contributed by atoms with van der Waals surface area (Å²) in [6, 6.07) is 1.73. The van der Waals surface area contributed by atoms with Crippen LogP contribution in [0.2, 0.25) is 0 Å². The molecule has 0 radical (unpaired) electrons. The van der Waals surface area contributed by atoms with Crippen LogP contribution in [0.25, 0.3) is 0 Å². The number of esters is 1. The lowest BCUT2D eigenvalue weighted by atomic mass is 9.93. The largest absolute Gasteiger partial charge is 0.507 e. The Balaban J connectivity index is 2.42. The maximum Gasteiger partial charge on any atom is 0.306 e. The Kier molecular flexibility index (Phi) is 20.9. The fourth-order valence-electron chi connectivity index (χ4n) is 5.04. The number of aliphatic hydroxyl groups excluding tert-OH is 1. The Morgan fingerprint density at radius 2 is 1.58 bits per heavy atom. The normalized spacial score (nSPS) is 12.1. The molecular formula is C37H58O6. The van der Waals surface area contributed by atoms with Crippen LogP contribution in [0.4, 0.5) is 0 Å². The van der Waals surface area contributed by atoms with E-state index < -0.39 is 0 Å². The molecule has 6 heteroatoms. The second-order valence-electron chi connectivity index (χ2n) is 11.9. The Bertz CT molecular complexity index is 1030. The van der Waals surface area contributed by atoms with Crippen molar-refractivity contribution in [1.82, 2.24) is 0 Å². The van der Waals surface area contributed by atoms with Crippen molar-refractivity contribution in [2.75, 3.05) is 7.11 Å². The summed E-state index contributed by atoms with van der Waals surface area (Å²) in [5.74, 6) is 0.380. The fourth-order valence-corrected chi connectivity index (χ4v) is 5.04. The standard InChI is InChI=1S/C37H58O6/c1-6-7-8-9-10-11-12-13-14-15-16-17-18-19-20-21-36(40)43-28-31-26-35(42-5)33(37(41)34(31)27-38)23-22-30(4)25-32(39)24-29(2)3/h10-11,13-14,24,26,30,38,41H,6-9,12,15-23,25,27-28H2,1-5H3/b11-10+,14-13+. The number of carbonyl (C=O) groups is 2. The van der Waals surface area contributed by atoms with Crippen LogP contribution in [-0.4, -0.2) is 29.1 Å². The Hall–Kier alpha value is -2.86. The van der Waals surface area contributed by atoms with Gasteiger partial charge < -0.3 is 19.7 Å². The van der Waals surface area contributed by atoms with E-state index in [-0.39, 0.29) is 36.6 Å². The van der Waals surface area contributed by atoms with Crippen molar-refractivity contribution >= 4 is 11.8 Å². The van der Waals surface area contributed by atoms with Crippen LogP contribution in [0.1, 0.15) is 134 Å². The third-order valence-corrected chi connectivity index (χ3v) is 7.55. The first-order valence-electron chi connectivity index (χ1n) is 16.4. The highest BCUT2D eigenvalue weighted by molar-refractivity contribution is 5.90. The molecule has 1 unspecified atom stereocenters. The molecule has 2 N–H and O–H groups in total. The molecule has 0 saturated carbocycles. The molecule has 0 saturated heterocycles. The van der Waals surface area contributed by atoms with Crippen LogP contribution in [0.3, 0.4) is 0 Å². The highest BCUT2D eigenvalue weighted by Gasteiger charge is 2.20. The van der Waals surface area contributed by atoms with Gasteiger partial charge in [-0.15, -0.1) is 0 Å². The molecule has 1 atom stereocenters. The first kappa shape index (κ1) is 38.2. The number of rotatable bonds is 24. The second-order valence-corrected chi connectivity index (χ2v) is 11.9. The van der Waals surface area contributed by atoms with Gasteiger partial charge in [0.1, 0.15) is 18.1 Å². The van der Waals surface area contributed by atoms with Gasteiger partial charge in [0, 0.05) is 29.5 Å². The molecular weight excluding hydrogens is 540 g/mol. The molecule has 0 amide bonds. The molecule has 0 bridgehead atoms. The van der Waals surface area contributed by atoms with E-state index in [1.165, 1.54) is 39.2 Å². The number of unbranched alkanes of at least 4 members (excludes halogenated alkanes) is 8. The molecule has 0 spiro atoms. The third-order valence-electron chi connectivity index (χ3n) is 7.55. The quantitative estimate of drug-likeness (QED) is 0.0533. The van der Waals surface area contributed by atoms with Gasteiger partial charge in [0.25, 0.3) is 0 Å². The molecule has 6 nitrogen and oxygen atoms in total. The van der Waals surface area contributed by atoms with Crippen molar-refractivity contribution in [3.8, 4) is 11.5 Å². The van der Waals surface area contributed by atoms with Gasteiger partial charge in [-0.1, -0.05) is 75.8 Å². The SMILES string of the molecule is CCCCC/C=C/C/C=C/CCCCCCCC(=O)OCc1cc(OC)c(CCC(C)CC(=O)C=C(C)C)c(O)c1CO. The van der Waals surface area contributed by atoms with Crippen molar-refractivity contribution in [1.29, 1.82) is 0 Å². The van der Waals surface area contributed by atoms with Gasteiger partial charge in [0.2, 0.25) is 0 Å². The van der Waals surface area contributed by atoms with Crippen LogP contribution < -0.4 is 4.74 Å². The smallest absolute Gasteiger partial charge is 0.306 e. The summed E-state index contributed by atoms with van der Waals surface area (Å²) in [6.45, 7) is 7.63. The number of ketones is 1. The summed E-state index contributed by atoms with van der Waals surface area (Å²) >= 11 is 0. The lowest BCUT2D eigenvalue weighted by molar-refractivity contribution is -0.145. The number of hydrogen-bond donors (Lipinski definition) is 2. The van der Waals surface area contributed by atoms with Crippen LogP contribution in [0.15, 0.2) is 42.0 Å². The Labute approximate surface area is 261 Å². The zero-order valence-corrected chi connectivity index (χ0v) is 27.6. The van der Waals surface area contributed by atoms with Gasteiger partial charge in [-0.25, -0.2) is 0 Å². The number of aromatic hydroxyl groups is 1. The minimum atomic E-state index is -0.380.